The molecule has 4 nitrogen and oxygen atoms in total. The molecule has 0 atom stereocenters. The van der Waals surface area contributed by atoms with Crippen molar-refractivity contribution in [1.82, 2.24) is 9.80 Å². The van der Waals surface area contributed by atoms with Crippen LogP contribution in [0.3, 0.4) is 0 Å². The Morgan fingerprint density at radius 1 is 1.32 bits per heavy atom. The van der Waals surface area contributed by atoms with Crippen LogP contribution in [0, 0.1) is 16.7 Å². The lowest BCUT2D eigenvalue weighted by Gasteiger charge is -2.38. The number of amides is 1. The summed E-state index contributed by atoms with van der Waals surface area (Å²) in [6.45, 7) is 8.77. The first-order chi connectivity index (χ1) is 12.0. The highest BCUT2D eigenvalue weighted by molar-refractivity contribution is 5.79. The molecule has 1 aromatic rings. The van der Waals surface area contributed by atoms with Crippen LogP contribution in [0.1, 0.15) is 44.2 Å². The van der Waals surface area contributed by atoms with Crippen LogP contribution < -0.4 is 0 Å². The monoisotopic (exact) mass is 337 g/mol. The largest absolute Gasteiger partial charge is 0.338 e. The van der Waals surface area contributed by atoms with E-state index < -0.39 is 0 Å². The number of piperidine rings is 1. The molecule has 2 aliphatic rings. The zero-order valence-corrected chi connectivity index (χ0v) is 15.3. The molecule has 25 heavy (non-hydrogen) atoms. The highest BCUT2D eigenvalue weighted by Gasteiger charge is 2.44. The Bertz CT molecular complexity index is 704. The number of likely N-dealkylation sites (tertiary alicyclic amines) is 2. The van der Waals surface area contributed by atoms with E-state index in [1.807, 2.05) is 23.1 Å². The number of carbonyl (C=O) groups is 1. The SMILES string of the molecule is CC(C)=CCN1CC2(CCN(Cc3cccc(C#N)c3)CC2)CC1=O. The minimum Gasteiger partial charge on any atom is -0.338 e. The number of carbonyl (C=O) groups excluding carboxylic acids is 1. The first-order valence-electron chi connectivity index (χ1n) is 9.12. The van der Waals surface area contributed by atoms with Gasteiger partial charge in [-0.1, -0.05) is 23.8 Å². The number of nitriles is 1. The van der Waals surface area contributed by atoms with Gasteiger partial charge < -0.3 is 4.90 Å². The number of rotatable bonds is 4. The molecule has 3 rings (SSSR count). The molecule has 1 amide bonds. The third-order valence-corrected chi connectivity index (χ3v) is 5.50. The van der Waals surface area contributed by atoms with Crippen molar-refractivity contribution in [2.75, 3.05) is 26.2 Å². The molecule has 1 spiro atoms. The Hall–Kier alpha value is -2.12. The highest BCUT2D eigenvalue weighted by atomic mass is 16.2. The van der Waals surface area contributed by atoms with E-state index in [-0.39, 0.29) is 5.41 Å². The minimum absolute atomic E-state index is 0.178. The minimum atomic E-state index is 0.178. The molecule has 4 heteroatoms. The molecule has 1 aromatic carbocycles. The van der Waals surface area contributed by atoms with E-state index in [1.165, 1.54) is 11.1 Å². The third-order valence-electron chi connectivity index (χ3n) is 5.50. The standard InChI is InChI=1S/C21H27N3O/c1-17(2)6-9-24-16-21(13-20(24)25)7-10-23(11-8-21)15-19-5-3-4-18(12-19)14-22/h3-6,12H,7-11,13,15-16H2,1-2H3. The van der Waals surface area contributed by atoms with Crippen molar-refractivity contribution in [3.05, 3.63) is 47.0 Å². The molecule has 0 aromatic heterocycles. The van der Waals surface area contributed by atoms with Crippen LogP contribution in [0.15, 0.2) is 35.9 Å². The van der Waals surface area contributed by atoms with Gasteiger partial charge in [0.05, 0.1) is 11.6 Å². The molecule has 2 aliphatic heterocycles. The fourth-order valence-electron chi connectivity index (χ4n) is 3.96. The number of allylic oxidation sites excluding steroid dienone is 1. The summed E-state index contributed by atoms with van der Waals surface area (Å²) in [7, 11) is 0. The predicted molar refractivity (Wildman–Crippen MR) is 98.7 cm³/mol. The van der Waals surface area contributed by atoms with Gasteiger partial charge in [0.2, 0.25) is 5.91 Å². The van der Waals surface area contributed by atoms with Gasteiger partial charge in [0.25, 0.3) is 0 Å². The summed E-state index contributed by atoms with van der Waals surface area (Å²) in [5.41, 5.74) is 3.37. The molecule has 0 radical (unpaired) electrons. The van der Waals surface area contributed by atoms with Gasteiger partial charge in [0.1, 0.15) is 0 Å². The van der Waals surface area contributed by atoms with E-state index in [0.717, 1.165) is 51.1 Å². The van der Waals surface area contributed by atoms with Crippen molar-refractivity contribution in [1.29, 1.82) is 5.26 Å². The zero-order chi connectivity index (χ0) is 17.9. The van der Waals surface area contributed by atoms with E-state index in [4.69, 9.17) is 5.26 Å². The average Bonchev–Trinajstić information content (AvgIpc) is 2.91. The quantitative estimate of drug-likeness (QED) is 0.792. The van der Waals surface area contributed by atoms with Crippen LogP contribution >= 0.6 is 0 Å². The predicted octanol–water partition coefficient (Wildman–Crippen LogP) is 3.34. The van der Waals surface area contributed by atoms with E-state index >= 15 is 0 Å². The van der Waals surface area contributed by atoms with Gasteiger partial charge in [-0.2, -0.15) is 5.26 Å². The lowest BCUT2D eigenvalue weighted by molar-refractivity contribution is -0.127. The van der Waals surface area contributed by atoms with Crippen molar-refractivity contribution in [3.63, 3.8) is 0 Å². The molecule has 0 N–H and O–H groups in total. The van der Waals surface area contributed by atoms with Crippen molar-refractivity contribution in [3.8, 4) is 6.07 Å². The molecular formula is C21H27N3O. The summed E-state index contributed by atoms with van der Waals surface area (Å²) in [6, 6.07) is 10.1. The van der Waals surface area contributed by atoms with Gasteiger partial charge >= 0.3 is 0 Å². The van der Waals surface area contributed by atoms with Crippen LogP contribution in [-0.2, 0) is 11.3 Å². The van der Waals surface area contributed by atoms with E-state index in [1.54, 1.807) is 0 Å². The molecule has 0 saturated carbocycles. The van der Waals surface area contributed by atoms with Crippen molar-refractivity contribution in [2.24, 2.45) is 5.41 Å². The van der Waals surface area contributed by atoms with Gasteiger partial charge in [0, 0.05) is 26.1 Å². The van der Waals surface area contributed by atoms with Crippen molar-refractivity contribution < 1.29 is 4.79 Å². The summed E-state index contributed by atoms with van der Waals surface area (Å²) >= 11 is 0. The molecule has 132 valence electrons. The summed E-state index contributed by atoms with van der Waals surface area (Å²) < 4.78 is 0. The maximum atomic E-state index is 12.4. The second kappa shape index (κ2) is 7.41. The summed E-state index contributed by atoms with van der Waals surface area (Å²) in [5, 5.41) is 9.03. The van der Waals surface area contributed by atoms with Crippen LogP contribution in [0.5, 0.6) is 0 Å². The highest BCUT2D eigenvalue weighted by Crippen LogP contribution is 2.41. The molecule has 2 fully saturated rings. The van der Waals surface area contributed by atoms with Crippen LogP contribution in [0.25, 0.3) is 0 Å². The zero-order valence-electron chi connectivity index (χ0n) is 15.3. The molecule has 0 unspecified atom stereocenters. The van der Waals surface area contributed by atoms with Gasteiger partial charge in [0.15, 0.2) is 0 Å². The Morgan fingerprint density at radius 2 is 2.08 bits per heavy atom. The summed E-state index contributed by atoms with van der Waals surface area (Å²) in [5.74, 6) is 0.313. The first-order valence-corrected chi connectivity index (χ1v) is 9.12. The lowest BCUT2D eigenvalue weighted by atomic mass is 9.77. The normalized spacial score (nSPS) is 19.9. The Morgan fingerprint density at radius 3 is 2.76 bits per heavy atom. The van der Waals surface area contributed by atoms with Gasteiger partial charge in [-0.3, -0.25) is 9.69 Å². The van der Waals surface area contributed by atoms with E-state index in [9.17, 15) is 4.79 Å². The second-order valence-electron chi connectivity index (χ2n) is 7.82. The Balaban J connectivity index is 1.56. The summed E-state index contributed by atoms with van der Waals surface area (Å²) in [6.07, 6.45) is 5.03. The van der Waals surface area contributed by atoms with E-state index in [2.05, 4.69) is 37.0 Å². The fourth-order valence-corrected chi connectivity index (χ4v) is 3.96. The summed E-state index contributed by atoms with van der Waals surface area (Å²) in [4.78, 5) is 16.8. The van der Waals surface area contributed by atoms with Crippen LogP contribution in [-0.4, -0.2) is 41.9 Å². The molecular weight excluding hydrogens is 310 g/mol. The smallest absolute Gasteiger partial charge is 0.223 e. The fraction of sp³-hybridized carbons (Fsp3) is 0.524. The van der Waals surface area contributed by atoms with Crippen LogP contribution in [0.2, 0.25) is 0 Å². The number of hydrogen-bond acceptors (Lipinski definition) is 3. The topological polar surface area (TPSA) is 47.3 Å². The first kappa shape index (κ1) is 17.7. The molecule has 0 aliphatic carbocycles. The van der Waals surface area contributed by atoms with Crippen molar-refractivity contribution in [2.45, 2.75) is 39.7 Å². The number of nitrogens with zero attached hydrogens (tertiary/aromatic N) is 3. The Labute approximate surface area is 150 Å². The van der Waals surface area contributed by atoms with Gasteiger partial charge in [-0.05, 0) is 62.9 Å². The maximum absolute atomic E-state index is 12.4. The maximum Gasteiger partial charge on any atom is 0.223 e. The average molecular weight is 337 g/mol. The second-order valence-corrected chi connectivity index (χ2v) is 7.82. The lowest BCUT2D eigenvalue weighted by Crippen LogP contribution is -2.41. The van der Waals surface area contributed by atoms with Crippen molar-refractivity contribution >= 4 is 5.91 Å². The molecule has 2 saturated heterocycles. The molecule has 2 heterocycles. The number of benzene rings is 1. The van der Waals surface area contributed by atoms with E-state index in [0.29, 0.717) is 12.3 Å². The third kappa shape index (κ3) is 4.29. The van der Waals surface area contributed by atoms with Crippen LogP contribution in [0.4, 0.5) is 0 Å². The number of hydrogen-bond donors (Lipinski definition) is 0. The molecule has 0 bridgehead atoms. The van der Waals surface area contributed by atoms with Gasteiger partial charge in [-0.25, -0.2) is 0 Å². The Kier molecular flexibility index (Phi) is 5.24. The van der Waals surface area contributed by atoms with Gasteiger partial charge in [-0.15, -0.1) is 0 Å².